The average Bonchev–Trinajstić information content (AvgIpc) is 2.70. The third-order valence-corrected chi connectivity index (χ3v) is 6.22. The average molecular weight is 413 g/mol. The fourth-order valence-corrected chi connectivity index (χ4v) is 4.24. The zero-order valence-corrected chi connectivity index (χ0v) is 17.1. The van der Waals surface area contributed by atoms with Crippen LogP contribution in [0.25, 0.3) is 0 Å². The smallest absolute Gasteiger partial charge is 0.261 e. The van der Waals surface area contributed by atoms with Crippen molar-refractivity contribution < 1.29 is 13.2 Å². The van der Waals surface area contributed by atoms with Crippen molar-refractivity contribution >= 4 is 39.1 Å². The number of hydrogen-bond donors (Lipinski definition) is 2. The second-order valence-electron chi connectivity index (χ2n) is 6.13. The van der Waals surface area contributed by atoms with Gasteiger partial charge in [0.05, 0.1) is 10.6 Å². The fourth-order valence-electron chi connectivity index (χ4n) is 2.63. The number of thioether (sulfide) groups is 1. The Hall–Kier alpha value is -2.77. The van der Waals surface area contributed by atoms with Gasteiger partial charge in [-0.25, -0.2) is 8.42 Å². The molecule has 144 valence electrons. The van der Waals surface area contributed by atoms with E-state index in [9.17, 15) is 13.2 Å². The van der Waals surface area contributed by atoms with Crippen molar-refractivity contribution in [2.75, 3.05) is 16.3 Å². The van der Waals surface area contributed by atoms with Crippen molar-refractivity contribution in [2.45, 2.75) is 16.7 Å². The number of aryl methyl sites for hydroxylation is 1. The number of benzene rings is 3. The minimum atomic E-state index is -3.68. The maximum absolute atomic E-state index is 12.5. The summed E-state index contributed by atoms with van der Waals surface area (Å²) < 4.78 is 27.5. The first-order valence-corrected chi connectivity index (χ1v) is 11.2. The fraction of sp³-hybridized carbons (Fsp3) is 0.0952. The summed E-state index contributed by atoms with van der Waals surface area (Å²) in [5, 5.41) is 2.86. The molecule has 0 atom stereocenters. The van der Waals surface area contributed by atoms with Crippen LogP contribution in [0.1, 0.15) is 15.9 Å². The van der Waals surface area contributed by atoms with Gasteiger partial charge in [0, 0.05) is 16.1 Å². The molecule has 7 heteroatoms. The number of sulfonamides is 1. The summed E-state index contributed by atoms with van der Waals surface area (Å²) in [4.78, 5) is 13.8. The maximum atomic E-state index is 12.5. The lowest BCUT2D eigenvalue weighted by Gasteiger charge is -2.12. The third-order valence-electron chi connectivity index (χ3n) is 4.11. The summed E-state index contributed by atoms with van der Waals surface area (Å²) in [6.45, 7) is 1.76. The molecule has 2 N–H and O–H groups in total. The number of rotatable bonds is 6. The van der Waals surface area contributed by atoms with Crippen LogP contribution < -0.4 is 10.0 Å². The van der Waals surface area contributed by atoms with Gasteiger partial charge in [-0.15, -0.1) is 11.8 Å². The minimum absolute atomic E-state index is 0.185. The summed E-state index contributed by atoms with van der Waals surface area (Å²) in [7, 11) is -3.68. The first kappa shape index (κ1) is 20.0. The molecule has 0 radical (unpaired) electrons. The molecule has 0 bridgehead atoms. The van der Waals surface area contributed by atoms with Gasteiger partial charge in [0.15, 0.2) is 0 Å². The molecule has 5 nitrogen and oxygen atoms in total. The van der Waals surface area contributed by atoms with Gasteiger partial charge in [0.2, 0.25) is 0 Å². The van der Waals surface area contributed by atoms with E-state index in [4.69, 9.17) is 0 Å². The number of carbonyl (C=O) groups is 1. The molecule has 3 aromatic rings. The summed E-state index contributed by atoms with van der Waals surface area (Å²) in [6.07, 6.45) is 1.97. The lowest BCUT2D eigenvalue weighted by atomic mass is 10.1. The van der Waals surface area contributed by atoms with E-state index in [2.05, 4.69) is 10.0 Å². The lowest BCUT2D eigenvalue weighted by Crippen LogP contribution is -2.15. The second kappa shape index (κ2) is 8.50. The van der Waals surface area contributed by atoms with E-state index in [1.54, 1.807) is 55.1 Å². The summed E-state index contributed by atoms with van der Waals surface area (Å²) in [5.74, 6) is -0.251. The van der Waals surface area contributed by atoms with E-state index in [1.807, 2.05) is 30.5 Å². The molecule has 0 aliphatic heterocycles. The monoisotopic (exact) mass is 412 g/mol. The van der Waals surface area contributed by atoms with E-state index in [-0.39, 0.29) is 10.8 Å². The summed E-state index contributed by atoms with van der Waals surface area (Å²) >= 11 is 1.60. The molecule has 0 saturated carbocycles. The van der Waals surface area contributed by atoms with E-state index >= 15 is 0 Å². The van der Waals surface area contributed by atoms with Gasteiger partial charge in [-0.05, 0) is 67.3 Å². The molecule has 0 unspecified atom stereocenters. The van der Waals surface area contributed by atoms with Crippen LogP contribution in [-0.2, 0) is 10.0 Å². The first-order valence-electron chi connectivity index (χ1n) is 8.53. The molecule has 0 aliphatic rings. The number of anilines is 2. The van der Waals surface area contributed by atoms with Crippen LogP contribution in [0.4, 0.5) is 11.4 Å². The predicted molar refractivity (Wildman–Crippen MR) is 115 cm³/mol. The molecule has 3 aromatic carbocycles. The number of amides is 1. The second-order valence-corrected chi connectivity index (χ2v) is 8.70. The van der Waals surface area contributed by atoms with Crippen LogP contribution in [0.5, 0.6) is 0 Å². The summed E-state index contributed by atoms with van der Waals surface area (Å²) in [6, 6.07) is 20.6. The standard InChI is InChI=1S/C21H20N2O3S2/c1-15-13-16(21(24)22-17-7-6-8-18(14-17)27-2)11-12-20(15)23-28(25,26)19-9-4-3-5-10-19/h3-14,23H,1-2H3,(H,22,24). The first-order chi connectivity index (χ1) is 13.4. The quantitative estimate of drug-likeness (QED) is 0.572. The molecule has 0 fully saturated rings. The molecular formula is C21H20N2O3S2. The Bertz CT molecular complexity index is 1100. The van der Waals surface area contributed by atoms with Crippen LogP contribution in [0, 0.1) is 6.92 Å². The zero-order valence-electron chi connectivity index (χ0n) is 15.5. The van der Waals surface area contributed by atoms with E-state index in [0.717, 1.165) is 4.90 Å². The molecule has 28 heavy (non-hydrogen) atoms. The highest BCUT2D eigenvalue weighted by Gasteiger charge is 2.16. The van der Waals surface area contributed by atoms with Crippen molar-refractivity contribution in [3.05, 3.63) is 83.9 Å². The Balaban J connectivity index is 1.77. The third kappa shape index (κ3) is 4.74. The predicted octanol–water partition coefficient (Wildman–Crippen LogP) is 4.77. The number of nitrogens with one attached hydrogen (secondary N) is 2. The van der Waals surface area contributed by atoms with Gasteiger partial charge >= 0.3 is 0 Å². The van der Waals surface area contributed by atoms with Gasteiger partial charge < -0.3 is 5.32 Å². The topological polar surface area (TPSA) is 75.3 Å². The Kier molecular flexibility index (Phi) is 6.06. The molecule has 0 spiro atoms. The molecule has 0 saturated heterocycles. The van der Waals surface area contributed by atoms with Gasteiger partial charge in [-0.1, -0.05) is 24.3 Å². The van der Waals surface area contributed by atoms with Gasteiger partial charge in [-0.2, -0.15) is 0 Å². The van der Waals surface area contributed by atoms with Crippen molar-refractivity contribution in [3.63, 3.8) is 0 Å². The molecular weight excluding hydrogens is 392 g/mol. The van der Waals surface area contributed by atoms with Crippen molar-refractivity contribution in [1.82, 2.24) is 0 Å². The Morgan fingerprint density at radius 2 is 1.68 bits per heavy atom. The number of carbonyl (C=O) groups excluding carboxylic acids is 1. The molecule has 0 heterocycles. The van der Waals surface area contributed by atoms with E-state index in [0.29, 0.717) is 22.5 Å². The van der Waals surface area contributed by atoms with Crippen molar-refractivity contribution in [3.8, 4) is 0 Å². The normalized spacial score (nSPS) is 11.1. The number of hydrogen-bond acceptors (Lipinski definition) is 4. The van der Waals surface area contributed by atoms with Crippen LogP contribution in [-0.4, -0.2) is 20.6 Å². The Morgan fingerprint density at radius 1 is 0.929 bits per heavy atom. The SMILES string of the molecule is CSc1cccc(NC(=O)c2ccc(NS(=O)(=O)c3ccccc3)c(C)c2)c1. The Labute approximate surface area is 169 Å². The summed E-state index contributed by atoms with van der Waals surface area (Å²) in [5.41, 5.74) is 2.26. The van der Waals surface area contributed by atoms with Crippen LogP contribution >= 0.6 is 11.8 Å². The van der Waals surface area contributed by atoms with Crippen LogP contribution in [0.3, 0.4) is 0 Å². The van der Waals surface area contributed by atoms with Gasteiger partial charge in [0.25, 0.3) is 15.9 Å². The highest BCUT2D eigenvalue weighted by Crippen LogP contribution is 2.23. The van der Waals surface area contributed by atoms with Gasteiger partial charge in [-0.3, -0.25) is 9.52 Å². The maximum Gasteiger partial charge on any atom is 0.261 e. The lowest BCUT2D eigenvalue weighted by molar-refractivity contribution is 0.102. The highest BCUT2D eigenvalue weighted by molar-refractivity contribution is 7.98. The minimum Gasteiger partial charge on any atom is -0.322 e. The van der Waals surface area contributed by atoms with E-state index in [1.165, 1.54) is 12.1 Å². The van der Waals surface area contributed by atoms with Crippen LogP contribution in [0.2, 0.25) is 0 Å². The zero-order chi connectivity index (χ0) is 20.1. The molecule has 0 aliphatic carbocycles. The van der Waals surface area contributed by atoms with Crippen molar-refractivity contribution in [1.29, 1.82) is 0 Å². The largest absolute Gasteiger partial charge is 0.322 e. The van der Waals surface area contributed by atoms with Crippen molar-refractivity contribution in [2.24, 2.45) is 0 Å². The van der Waals surface area contributed by atoms with Crippen LogP contribution in [0.15, 0.2) is 82.6 Å². The molecule has 0 aromatic heterocycles. The van der Waals surface area contributed by atoms with E-state index < -0.39 is 10.0 Å². The molecule has 1 amide bonds. The Morgan fingerprint density at radius 3 is 2.36 bits per heavy atom. The van der Waals surface area contributed by atoms with Gasteiger partial charge in [0.1, 0.15) is 0 Å². The molecule has 3 rings (SSSR count). The highest BCUT2D eigenvalue weighted by atomic mass is 32.2.